The highest BCUT2D eigenvalue weighted by Crippen LogP contribution is 2.33. The summed E-state index contributed by atoms with van der Waals surface area (Å²) in [5, 5.41) is 0.455. The first-order chi connectivity index (χ1) is 15.5. The minimum atomic E-state index is -3.93. The number of nitrogens with zero attached hydrogens (tertiary/aromatic N) is 2. The van der Waals surface area contributed by atoms with Gasteiger partial charge in [0.05, 0.1) is 28.4 Å². The number of ether oxygens (including phenoxy) is 3. The molecular weight excluding hydrogens is 434 g/mol. The van der Waals surface area contributed by atoms with Crippen molar-refractivity contribution in [1.82, 2.24) is 14.3 Å². The Bertz CT molecular complexity index is 1300. The van der Waals surface area contributed by atoms with E-state index in [1.165, 1.54) is 16.4 Å². The first-order valence-electron chi connectivity index (χ1n) is 10.5. The van der Waals surface area contributed by atoms with Gasteiger partial charge in [0.15, 0.2) is 11.5 Å². The Kier molecular flexibility index (Phi) is 5.58. The van der Waals surface area contributed by atoms with Gasteiger partial charge in [-0.05, 0) is 37.1 Å². The second-order valence-corrected chi connectivity index (χ2v) is 9.71. The summed E-state index contributed by atoms with van der Waals surface area (Å²) in [4.78, 5) is 19.8. The van der Waals surface area contributed by atoms with Crippen LogP contribution in [0.1, 0.15) is 18.7 Å². The van der Waals surface area contributed by atoms with Gasteiger partial charge in [-0.1, -0.05) is 12.1 Å². The Morgan fingerprint density at radius 3 is 2.69 bits per heavy atom. The van der Waals surface area contributed by atoms with Crippen molar-refractivity contribution < 1.29 is 22.6 Å². The van der Waals surface area contributed by atoms with Crippen molar-refractivity contribution in [2.45, 2.75) is 30.4 Å². The lowest BCUT2D eigenvalue weighted by atomic mass is 10.2. The highest BCUT2D eigenvalue weighted by Gasteiger charge is 2.31. The molecule has 3 heterocycles. The molecule has 1 saturated heterocycles. The second kappa shape index (κ2) is 8.53. The Morgan fingerprint density at radius 1 is 1.06 bits per heavy atom. The second-order valence-electron chi connectivity index (χ2n) is 7.77. The van der Waals surface area contributed by atoms with Crippen molar-refractivity contribution in [3.8, 4) is 11.5 Å². The molecule has 2 aliphatic heterocycles. The summed E-state index contributed by atoms with van der Waals surface area (Å²) in [6, 6.07) is 11.5. The van der Waals surface area contributed by atoms with Crippen LogP contribution in [0, 0.1) is 0 Å². The van der Waals surface area contributed by atoms with Crippen molar-refractivity contribution in [3.05, 3.63) is 58.6 Å². The molecule has 0 spiro atoms. The third kappa shape index (κ3) is 4.08. The van der Waals surface area contributed by atoms with Gasteiger partial charge in [-0.3, -0.25) is 4.79 Å². The summed E-state index contributed by atoms with van der Waals surface area (Å²) in [6.45, 7) is 1.46. The normalized spacial score (nSPS) is 18.3. The minimum Gasteiger partial charge on any atom is -0.486 e. The molecule has 0 radical (unpaired) electrons. The fraction of sp³-hybridized carbons (Fsp3) is 0.364. The third-order valence-electron chi connectivity index (χ3n) is 5.57. The van der Waals surface area contributed by atoms with Crippen LogP contribution in [0.15, 0.2) is 52.2 Å². The van der Waals surface area contributed by atoms with Crippen molar-refractivity contribution in [2.24, 2.45) is 0 Å². The van der Waals surface area contributed by atoms with E-state index in [-0.39, 0.29) is 35.5 Å². The first-order valence-corrected chi connectivity index (χ1v) is 11.9. The maximum Gasteiger partial charge on any atom is 0.258 e. The molecular formula is C22H23N3O6S. The molecule has 1 aromatic heterocycles. The zero-order valence-electron chi connectivity index (χ0n) is 17.3. The molecule has 1 fully saturated rings. The molecule has 2 aliphatic rings. The summed E-state index contributed by atoms with van der Waals surface area (Å²) >= 11 is 0. The number of nitrogens with one attached hydrogen (secondary N) is 1. The van der Waals surface area contributed by atoms with Gasteiger partial charge in [0.1, 0.15) is 19.0 Å². The number of benzene rings is 2. The van der Waals surface area contributed by atoms with E-state index in [1.54, 1.807) is 30.3 Å². The van der Waals surface area contributed by atoms with Crippen molar-refractivity contribution >= 4 is 20.9 Å². The highest BCUT2D eigenvalue weighted by molar-refractivity contribution is 7.89. The quantitative estimate of drug-likeness (QED) is 0.603. The molecule has 0 bridgehead atoms. The number of rotatable bonds is 6. The van der Waals surface area contributed by atoms with Crippen LogP contribution in [0.3, 0.4) is 0 Å². The van der Waals surface area contributed by atoms with Crippen LogP contribution in [-0.4, -0.2) is 55.2 Å². The van der Waals surface area contributed by atoms with Gasteiger partial charge in [-0.15, -0.1) is 0 Å². The lowest BCUT2D eigenvalue weighted by Gasteiger charge is -2.25. The maximum absolute atomic E-state index is 13.6. The number of H-pyrrole nitrogens is 1. The SMILES string of the molecule is O=c1[nH]c(CN(C[C@@H]2CCCO2)S(=O)(=O)c2ccc3c(c2)OCCO3)nc2ccccc12. The molecule has 1 N–H and O–H groups in total. The Morgan fingerprint density at radius 2 is 1.88 bits per heavy atom. The molecule has 1 atom stereocenters. The number of fused-ring (bicyclic) bond motifs is 2. The topological polar surface area (TPSA) is 111 Å². The van der Waals surface area contributed by atoms with E-state index < -0.39 is 10.0 Å². The molecule has 0 saturated carbocycles. The first kappa shape index (κ1) is 20.9. The molecule has 0 amide bonds. The maximum atomic E-state index is 13.6. The monoisotopic (exact) mass is 457 g/mol. The van der Waals surface area contributed by atoms with E-state index in [0.717, 1.165) is 12.8 Å². The molecule has 168 valence electrons. The molecule has 10 heteroatoms. The Hall–Kier alpha value is -2.95. The number of sulfonamides is 1. The van der Waals surface area contributed by atoms with Crippen LogP contribution in [0.4, 0.5) is 0 Å². The van der Waals surface area contributed by atoms with Crippen LogP contribution in [0.2, 0.25) is 0 Å². The standard InChI is InChI=1S/C22H23N3O6S/c26-22-17-5-1-2-6-18(17)23-21(24-22)14-25(13-15-4-3-9-29-15)32(27,28)16-7-8-19-20(12-16)31-11-10-30-19/h1-2,5-8,12,15H,3-4,9-11,13-14H2,(H,23,24,26)/t15-/m0/s1. The van der Waals surface area contributed by atoms with Gasteiger partial charge in [0, 0.05) is 19.2 Å². The van der Waals surface area contributed by atoms with Gasteiger partial charge in [-0.25, -0.2) is 13.4 Å². The van der Waals surface area contributed by atoms with Crippen molar-refractivity contribution in [1.29, 1.82) is 0 Å². The average molecular weight is 458 g/mol. The number of hydrogen-bond acceptors (Lipinski definition) is 7. The number of para-hydroxylation sites is 1. The van der Waals surface area contributed by atoms with Gasteiger partial charge in [-0.2, -0.15) is 4.31 Å². The van der Waals surface area contributed by atoms with E-state index in [2.05, 4.69) is 9.97 Å². The number of hydrogen-bond donors (Lipinski definition) is 1. The van der Waals surface area contributed by atoms with E-state index in [9.17, 15) is 13.2 Å². The minimum absolute atomic E-state index is 0.0860. The van der Waals surface area contributed by atoms with Crippen LogP contribution < -0.4 is 15.0 Å². The van der Waals surface area contributed by atoms with E-state index in [4.69, 9.17) is 14.2 Å². The summed E-state index contributed by atoms with van der Waals surface area (Å²) < 4.78 is 45.3. The largest absolute Gasteiger partial charge is 0.486 e. The summed E-state index contributed by atoms with van der Waals surface area (Å²) in [5.74, 6) is 1.18. The van der Waals surface area contributed by atoms with Gasteiger partial charge in [0.2, 0.25) is 10.0 Å². The molecule has 2 aromatic carbocycles. The molecule has 32 heavy (non-hydrogen) atoms. The van der Waals surface area contributed by atoms with E-state index in [0.29, 0.717) is 42.2 Å². The van der Waals surface area contributed by atoms with E-state index >= 15 is 0 Å². The van der Waals surface area contributed by atoms with Crippen LogP contribution in [0.25, 0.3) is 10.9 Å². The fourth-order valence-corrected chi connectivity index (χ4v) is 5.42. The van der Waals surface area contributed by atoms with Gasteiger partial charge < -0.3 is 19.2 Å². The Balaban J connectivity index is 1.51. The number of aromatic amines is 1. The van der Waals surface area contributed by atoms with Crippen LogP contribution in [-0.2, 0) is 21.3 Å². The van der Waals surface area contributed by atoms with Crippen LogP contribution in [0.5, 0.6) is 11.5 Å². The predicted octanol–water partition coefficient (Wildman–Crippen LogP) is 2.06. The zero-order chi connectivity index (χ0) is 22.1. The van der Waals surface area contributed by atoms with E-state index in [1.807, 2.05) is 0 Å². The molecule has 0 unspecified atom stereocenters. The molecule has 0 aliphatic carbocycles. The zero-order valence-corrected chi connectivity index (χ0v) is 18.1. The average Bonchev–Trinajstić information content (AvgIpc) is 3.31. The third-order valence-corrected chi connectivity index (χ3v) is 7.38. The molecule has 9 nitrogen and oxygen atoms in total. The highest BCUT2D eigenvalue weighted by atomic mass is 32.2. The lowest BCUT2D eigenvalue weighted by molar-refractivity contribution is 0.0921. The van der Waals surface area contributed by atoms with Crippen LogP contribution >= 0.6 is 0 Å². The van der Waals surface area contributed by atoms with Gasteiger partial charge in [0.25, 0.3) is 5.56 Å². The summed E-state index contributed by atoms with van der Waals surface area (Å²) in [7, 11) is -3.93. The van der Waals surface area contributed by atoms with Gasteiger partial charge >= 0.3 is 0 Å². The lowest BCUT2D eigenvalue weighted by Crippen LogP contribution is -2.38. The summed E-state index contributed by atoms with van der Waals surface area (Å²) in [6.07, 6.45) is 1.44. The van der Waals surface area contributed by atoms with Crippen molar-refractivity contribution in [2.75, 3.05) is 26.4 Å². The fourth-order valence-electron chi connectivity index (χ4n) is 3.97. The predicted molar refractivity (Wildman–Crippen MR) is 116 cm³/mol. The number of aromatic nitrogens is 2. The Labute approximate surface area is 185 Å². The molecule has 5 rings (SSSR count). The summed E-state index contributed by atoms with van der Waals surface area (Å²) in [5.41, 5.74) is 0.208. The molecule has 3 aromatic rings. The van der Waals surface area contributed by atoms with Crippen molar-refractivity contribution in [3.63, 3.8) is 0 Å². The smallest absolute Gasteiger partial charge is 0.258 e.